The predicted molar refractivity (Wildman–Crippen MR) is 55.0 cm³/mol. The van der Waals surface area contributed by atoms with E-state index in [9.17, 15) is 9.59 Å². The lowest BCUT2D eigenvalue weighted by Crippen LogP contribution is -2.55. The van der Waals surface area contributed by atoms with E-state index in [-0.39, 0.29) is 0 Å². The molecule has 0 aromatic heterocycles. The standard InChI is InChI=1S/C10H18N2O3/c1-10(2,3)15-9(14)8(7-13)11-12-5-4-6-12/h7-8,11H,4-6H2,1-3H3. The molecule has 1 aliphatic heterocycles. The Hall–Kier alpha value is -0.940. The number of nitrogens with one attached hydrogen (secondary N) is 1. The molecular formula is C10H18N2O3. The lowest BCUT2D eigenvalue weighted by Gasteiger charge is -2.33. The molecule has 0 bridgehead atoms. The lowest BCUT2D eigenvalue weighted by atomic mass is 10.2. The van der Waals surface area contributed by atoms with Crippen LogP contribution in [0.2, 0.25) is 0 Å². The second-order valence-corrected chi connectivity index (χ2v) is 4.62. The topological polar surface area (TPSA) is 58.6 Å². The molecule has 0 saturated carbocycles. The molecule has 0 aliphatic carbocycles. The molecule has 0 radical (unpaired) electrons. The van der Waals surface area contributed by atoms with E-state index in [1.54, 1.807) is 20.8 Å². The summed E-state index contributed by atoms with van der Waals surface area (Å²) in [5.41, 5.74) is 2.26. The number of hydrogen-bond donors (Lipinski definition) is 1. The van der Waals surface area contributed by atoms with Gasteiger partial charge < -0.3 is 9.53 Å². The highest BCUT2D eigenvalue weighted by Gasteiger charge is 2.27. The molecule has 1 fully saturated rings. The van der Waals surface area contributed by atoms with Gasteiger partial charge in [-0.05, 0) is 27.2 Å². The summed E-state index contributed by atoms with van der Waals surface area (Å²) < 4.78 is 5.10. The average Bonchev–Trinajstić information content (AvgIpc) is 1.98. The third-order valence-corrected chi connectivity index (χ3v) is 1.97. The number of ether oxygens (including phenoxy) is 1. The Kier molecular flexibility index (Phi) is 3.82. The first kappa shape index (κ1) is 12.1. The Balaban J connectivity index is 2.42. The minimum atomic E-state index is -0.885. The van der Waals surface area contributed by atoms with Crippen LogP contribution in [0, 0.1) is 0 Å². The molecule has 0 aromatic carbocycles. The van der Waals surface area contributed by atoms with Crippen LogP contribution in [0.5, 0.6) is 0 Å². The molecule has 0 amide bonds. The van der Waals surface area contributed by atoms with Gasteiger partial charge in [-0.3, -0.25) is 0 Å². The van der Waals surface area contributed by atoms with Crippen molar-refractivity contribution in [1.29, 1.82) is 0 Å². The highest BCUT2D eigenvalue weighted by molar-refractivity contribution is 5.92. The maximum absolute atomic E-state index is 11.5. The number of carbonyl (C=O) groups excluding carboxylic acids is 2. The van der Waals surface area contributed by atoms with E-state index in [1.807, 2.05) is 5.01 Å². The normalized spacial score (nSPS) is 19.1. The molecule has 1 aliphatic rings. The second-order valence-electron chi connectivity index (χ2n) is 4.62. The van der Waals surface area contributed by atoms with Crippen molar-refractivity contribution in [2.24, 2.45) is 0 Å². The Morgan fingerprint density at radius 2 is 2.07 bits per heavy atom. The molecule has 1 unspecified atom stereocenters. The first-order valence-electron chi connectivity index (χ1n) is 5.11. The number of carbonyl (C=O) groups is 2. The summed E-state index contributed by atoms with van der Waals surface area (Å²) in [6.07, 6.45) is 1.67. The monoisotopic (exact) mass is 214 g/mol. The molecule has 15 heavy (non-hydrogen) atoms. The highest BCUT2D eigenvalue weighted by Crippen LogP contribution is 2.09. The van der Waals surface area contributed by atoms with E-state index < -0.39 is 17.6 Å². The fourth-order valence-electron chi connectivity index (χ4n) is 1.15. The van der Waals surface area contributed by atoms with Crippen molar-refractivity contribution in [1.82, 2.24) is 10.4 Å². The summed E-state index contributed by atoms with van der Waals surface area (Å²) >= 11 is 0. The third-order valence-electron chi connectivity index (χ3n) is 1.97. The van der Waals surface area contributed by atoms with Crippen LogP contribution in [-0.2, 0) is 14.3 Å². The molecule has 1 rings (SSSR count). The number of hydrazine groups is 1. The van der Waals surface area contributed by atoms with Gasteiger partial charge in [0.25, 0.3) is 0 Å². The fraction of sp³-hybridized carbons (Fsp3) is 0.800. The van der Waals surface area contributed by atoms with Crippen molar-refractivity contribution in [3.05, 3.63) is 0 Å². The van der Waals surface area contributed by atoms with Crippen molar-refractivity contribution in [3.8, 4) is 0 Å². The van der Waals surface area contributed by atoms with Crippen LogP contribution < -0.4 is 5.43 Å². The van der Waals surface area contributed by atoms with Gasteiger partial charge in [-0.25, -0.2) is 15.2 Å². The minimum absolute atomic E-state index is 0.524. The van der Waals surface area contributed by atoms with Crippen LogP contribution in [0.25, 0.3) is 0 Å². The molecule has 1 saturated heterocycles. The average molecular weight is 214 g/mol. The summed E-state index contributed by atoms with van der Waals surface area (Å²) in [5, 5.41) is 1.84. The summed E-state index contributed by atoms with van der Waals surface area (Å²) in [5.74, 6) is -0.524. The van der Waals surface area contributed by atoms with Crippen molar-refractivity contribution >= 4 is 12.3 Å². The number of hydrogen-bond acceptors (Lipinski definition) is 5. The SMILES string of the molecule is CC(C)(C)OC(=O)C(C=O)NN1CCC1. The van der Waals surface area contributed by atoms with E-state index >= 15 is 0 Å². The van der Waals surface area contributed by atoms with E-state index in [4.69, 9.17) is 4.74 Å². The van der Waals surface area contributed by atoms with Crippen LogP contribution in [0.15, 0.2) is 0 Å². The predicted octanol–water partition coefficient (Wildman–Crippen LogP) is 0.106. The van der Waals surface area contributed by atoms with Gasteiger partial charge >= 0.3 is 5.97 Å². The summed E-state index contributed by atoms with van der Waals surface area (Å²) in [4.78, 5) is 22.2. The van der Waals surface area contributed by atoms with Crippen LogP contribution in [0.1, 0.15) is 27.2 Å². The Morgan fingerprint density at radius 1 is 1.47 bits per heavy atom. The minimum Gasteiger partial charge on any atom is -0.458 e. The molecule has 1 heterocycles. The Labute approximate surface area is 89.7 Å². The van der Waals surface area contributed by atoms with E-state index in [0.717, 1.165) is 19.5 Å². The first-order valence-corrected chi connectivity index (χ1v) is 5.11. The molecule has 1 atom stereocenters. The molecule has 0 aromatic rings. The molecule has 0 spiro atoms. The van der Waals surface area contributed by atoms with Gasteiger partial charge in [0.15, 0.2) is 6.04 Å². The van der Waals surface area contributed by atoms with Gasteiger partial charge in [-0.15, -0.1) is 0 Å². The van der Waals surface area contributed by atoms with E-state index in [2.05, 4.69) is 5.43 Å². The van der Waals surface area contributed by atoms with E-state index in [0.29, 0.717) is 6.29 Å². The Bertz CT molecular complexity index is 244. The van der Waals surface area contributed by atoms with Crippen LogP contribution >= 0.6 is 0 Å². The molecule has 5 nitrogen and oxygen atoms in total. The zero-order chi connectivity index (χ0) is 11.5. The smallest absolute Gasteiger partial charge is 0.332 e. The maximum Gasteiger partial charge on any atom is 0.332 e. The van der Waals surface area contributed by atoms with Gasteiger partial charge in [0, 0.05) is 13.1 Å². The second kappa shape index (κ2) is 4.72. The van der Waals surface area contributed by atoms with Crippen LogP contribution in [0.4, 0.5) is 0 Å². The van der Waals surface area contributed by atoms with Crippen LogP contribution in [0.3, 0.4) is 0 Å². The number of esters is 1. The molecule has 1 N–H and O–H groups in total. The van der Waals surface area contributed by atoms with Crippen molar-refractivity contribution < 1.29 is 14.3 Å². The quantitative estimate of drug-likeness (QED) is 0.409. The van der Waals surface area contributed by atoms with Gasteiger partial charge in [-0.2, -0.15) is 0 Å². The fourth-order valence-corrected chi connectivity index (χ4v) is 1.15. The van der Waals surface area contributed by atoms with E-state index in [1.165, 1.54) is 0 Å². The highest BCUT2D eigenvalue weighted by atomic mass is 16.6. The number of nitrogens with zero attached hydrogens (tertiary/aromatic N) is 1. The lowest BCUT2D eigenvalue weighted by molar-refractivity contribution is -0.160. The van der Waals surface area contributed by atoms with Gasteiger partial charge in [0.05, 0.1) is 0 Å². The van der Waals surface area contributed by atoms with Crippen molar-refractivity contribution in [3.63, 3.8) is 0 Å². The number of rotatable bonds is 4. The van der Waals surface area contributed by atoms with Gasteiger partial charge in [0.1, 0.15) is 11.9 Å². The zero-order valence-corrected chi connectivity index (χ0v) is 9.45. The Morgan fingerprint density at radius 3 is 2.40 bits per heavy atom. The first-order chi connectivity index (χ1) is 6.92. The number of aldehydes is 1. The zero-order valence-electron chi connectivity index (χ0n) is 9.45. The van der Waals surface area contributed by atoms with Crippen molar-refractivity contribution in [2.45, 2.75) is 38.8 Å². The molecular weight excluding hydrogens is 196 g/mol. The maximum atomic E-state index is 11.5. The van der Waals surface area contributed by atoms with Crippen molar-refractivity contribution in [2.75, 3.05) is 13.1 Å². The molecule has 5 heteroatoms. The van der Waals surface area contributed by atoms with Gasteiger partial charge in [0.2, 0.25) is 0 Å². The third kappa shape index (κ3) is 3.97. The van der Waals surface area contributed by atoms with Crippen LogP contribution in [-0.4, -0.2) is 42.0 Å². The summed E-state index contributed by atoms with van der Waals surface area (Å²) in [7, 11) is 0. The molecule has 86 valence electrons. The largest absolute Gasteiger partial charge is 0.458 e. The summed E-state index contributed by atoms with van der Waals surface area (Å²) in [6.45, 7) is 7.06. The van der Waals surface area contributed by atoms with Gasteiger partial charge in [-0.1, -0.05) is 0 Å². The summed E-state index contributed by atoms with van der Waals surface area (Å²) in [6, 6.07) is -0.885.